The van der Waals surface area contributed by atoms with E-state index >= 15 is 0 Å². The molecule has 4 aliphatic carbocycles. The average Bonchev–Trinajstić information content (AvgIpc) is 2.74. The van der Waals surface area contributed by atoms with Crippen molar-refractivity contribution in [3.8, 4) is 0 Å². The molecule has 4 N–H and O–H groups in total. The lowest BCUT2D eigenvalue weighted by atomic mass is 9.48. The number of anilines is 1. The number of hydrogen-bond acceptors (Lipinski definition) is 6. The maximum atomic E-state index is 12.7. The highest BCUT2D eigenvalue weighted by molar-refractivity contribution is 5.82. The Bertz CT molecular complexity index is 806. The lowest BCUT2D eigenvalue weighted by molar-refractivity contribution is -0.134. The Kier molecular flexibility index (Phi) is 5.45. The summed E-state index contributed by atoms with van der Waals surface area (Å²) in [7, 11) is 0. The maximum absolute atomic E-state index is 12.7. The normalized spacial score (nSPS) is 33.3. The number of fused-ring (bicyclic) bond motifs is 1. The average molecular weight is 428 g/mol. The summed E-state index contributed by atoms with van der Waals surface area (Å²) in [6.07, 6.45) is 9.66. The Balaban J connectivity index is 1.25. The van der Waals surface area contributed by atoms with Crippen molar-refractivity contribution in [1.29, 1.82) is 0 Å². The van der Waals surface area contributed by atoms with Crippen molar-refractivity contribution in [2.45, 2.75) is 77.5 Å². The van der Waals surface area contributed by atoms with Gasteiger partial charge in [0.15, 0.2) is 0 Å². The third-order valence-corrected chi connectivity index (χ3v) is 8.58. The van der Waals surface area contributed by atoms with Crippen LogP contribution in [0.15, 0.2) is 6.33 Å². The van der Waals surface area contributed by atoms with Crippen LogP contribution in [0, 0.1) is 29.1 Å². The number of nitrogens with zero attached hydrogens (tertiary/aromatic N) is 3. The molecule has 4 saturated carbocycles. The molecule has 0 spiro atoms. The van der Waals surface area contributed by atoms with Gasteiger partial charge >= 0.3 is 0 Å². The van der Waals surface area contributed by atoms with E-state index in [-0.39, 0.29) is 23.3 Å². The lowest BCUT2D eigenvalue weighted by Gasteiger charge is -2.58. The second-order valence-corrected chi connectivity index (χ2v) is 11.1. The third-order valence-electron chi connectivity index (χ3n) is 8.58. The molecule has 7 nitrogen and oxygen atoms in total. The van der Waals surface area contributed by atoms with Crippen molar-refractivity contribution in [1.82, 2.24) is 14.9 Å². The molecule has 0 saturated heterocycles. The smallest absolute Gasteiger partial charge is 0.240 e. The lowest BCUT2D eigenvalue weighted by Crippen LogP contribution is -2.53. The fourth-order valence-electron chi connectivity index (χ4n) is 7.19. The molecule has 1 unspecified atom stereocenters. The number of amides is 1. The maximum Gasteiger partial charge on any atom is 0.240 e. The molecule has 1 aromatic heterocycles. The van der Waals surface area contributed by atoms with Gasteiger partial charge in [-0.1, -0.05) is 13.8 Å². The first-order valence-electron chi connectivity index (χ1n) is 12.1. The minimum absolute atomic E-state index is 0.00832. The molecule has 7 heteroatoms. The second-order valence-electron chi connectivity index (χ2n) is 11.1. The van der Waals surface area contributed by atoms with Crippen molar-refractivity contribution in [2.75, 3.05) is 18.4 Å². The predicted octanol–water partition coefficient (Wildman–Crippen LogP) is 2.33. The monoisotopic (exact) mass is 427 g/mol. The number of carbonyl (C=O) groups excluding carboxylic acids is 1. The number of rotatable bonds is 6. The van der Waals surface area contributed by atoms with Crippen LogP contribution in [0.2, 0.25) is 0 Å². The van der Waals surface area contributed by atoms with Gasteiger partial charge in [-0.3, -0.25) is 4.79 Å². The number of aromatic nitrogens is 2. The van der Waals surface area contributed by atoms with Crippen LogP contribution >= 0.6 is 0 Å². The van der Waals surface area contributed by atoms with Gasteiger partial charge < -0.3 is 21.1 Å². The third kappa shape index (κ3) is 3.84. The molecule has 2 atom stereocenters. The van der Waals surface area contributed by atoms with Crippen molar-refractivity contribution < 1.29 is 9.90 Å². The van der Waals surface area contributed by atoms with E-state index in [2.05, 4.69) is 15.3 Å². The van der Waals surface area contributed by atoms with E-state index in [4.69, 9.17) is 5.73 Å². The molecule has 2 heterocycles. The SMILES string of the molecule is CC(C)[C@H](N)C(=O)N1CCc2c(ncnc2NCC(O)C23CC4CC(CC(C4)C2)C3)C1. The van der Waals surface area contributed by atoms with Gasteiger partial charge in [0.2, 0.25) is 5.91 Å². The van der Waals surface area contributed by atoms with Gasteiger partial charge in [0, 0.05) is 18.7 Å². The first-order chi connectivity index (χ1) is 14.8. The molecular weight excluding hydrogens is 390 g/mol. The minimum Gasteiger partial charge on any atom is -0.391 e. The molecule has 1 amide bonds. The summed E-state index contributed by atoms with van der Waals surface area (Å²) in [4.78, 5) is 23.4. The quantitative estimate of drug-likeness (QED) is 0.644. The van der Waals surface area contributed by atoms with E-state index in [1.165, 1.54) is 38.5 Å². The van der Waals surface area contributed by atoms with Crippen LogP contribution in [0.3, 0.4) is 0 Å². The second kappa shape index (κ2) is 8.00. The van der Waals surface area contributed by atoms with Crippen molar-refractivity contribution >= 4 is 11.7 Å². The van der Waals surface area contributed by atoms with Crippen LogP contribution < -0.4 is 11.1 Å². The van der Waals surface area contributed by atoms with Crippen LogP contribution in [-0.4, -0.2) is 51.1 Å². The van der Waals surface area contributed by atoms with Crippen molar-refractivity contribution in [3.05, 3.63) is 17.6 Å². The highest BCUT2D eigenvalue weighted by Crippen LogP contribution is 2.61. The summed E-state index contributed by atoms with van der Waals surface area (Å²) in [5.74, 6) is 3.40. The Morgan fingerprint density at radius 3 is 2.48 bits per heavy atom. The number of nitrogens with one attached hydrogen (secondary N) is 1. The van der Waals surface area contributed by atoms with Gasteiger partial charge in [-0.2, -0.15) is 0 Å². The number of hydrogen-bond donors (Lipinski definition) is 3. The molecule has 1 aliphatic heterocycles. The van der Waals surface area contributed by atoms with Gasteiger partial charge in [0.25, 0.3) is 0 Å². The Hall–Kier alpha value is -1.73. The summed E-state index contributed by atoms with van der Waals surface area (Å²) in [5.41, 5.74) is 8.14. The molecule has 31 heavy (non-hydrogen) atoms. The molecule has 6 rings (SSSR count). The first-order valence-corrected chi connectivity index (χ1v) is 12.1. The zero-order valence-electron chi connectivity index (χ0n) is 18.9. The summed E-state index contributed by atoms with van der Waals surface area (Å²) in [5, 5.41) is 14.7. The predicted molar refractivity (Wildman–Crippen MR) is 119 cm³/mol. The van der Waals surface area contributed by atoms with Crippen molar-refractivity contribution in [3.63, 3.8) is 0 Å². The Morgan fingerprint density at radius 1 is 1.23 bits per heavy atom. The number of aliphatic hydroxyl groups excluding tert-OH is 1. The van der Waals surface area contributed by atoms with E-state index in [0.29, 0.717) is 26.1 Å². The topological polar surface area (TPSA) is 104 Å². The fourth-order valence-corrected chi connectivity index (χ4v) is 7.19. The zero-order valence-corrected chi connectivity index (χ0v) is 18.9. The largest absolute Gasteiger partial charge is 0.391 e. The molecule has 4 bridgehead atoms. The minimum atomic E-state index is -0.476. The van der Waals surface area contributed by atoms with Crippen LogP contribution in [0.25, 0.3) is 0 Å². The van der Waals surface area contributed by atoms with Gasteiger partial charge in [-0.15, -0.1) is 0 Å². The summed E-state index contributed by atoms with van der Waals surface area (Å²) in [6.45, 7) is 5.59. The highest BCUT2D eigenvalue weighted by Gasteiger charge is 2.53. The summed E-state index contributed by atoms with van der Waals surface area (Å²) >= 11 is 0. The molecule has 5 aliphatic rings. The number of nitrogens with two attached hydrogens (primary N) is 1. The summed E-state index contributed by atoms with van der Waals surface area (Å²) in [6, 6.07) is -0.476. The van der Waals surface area contributed by atoms with E-state index in [1.807, 2.05) is 18.7 Å². The zero-order chi connectivity index (χ0) is 21.8. The van der Waals surface area contributed by atoms with Crippen LogP contribution in [0.4, 0.5) is 5.82 Å². The van der Waals surface area contributed by atoms with E-state index in [9.17, 15) is 9.90 Å². The van der Waals surface area contributed by atoms with Gasteiger partial charge in [-0.05, 0) is 74.0 Å². The molecule has 170 valence electrons. The Morgan fingerprint density at radius 2 is 1.87 bits per heavy atom. The fraction of sp³-hybridized carbons (Fsp3) is 0.792. The number of carbonyl (C=O) groups is 1. The van der Waals surface area contributed by atoms with Crippen LogP contribution in [0.5, 0.6) is 0 Å². The van der Waals surface area contributed by atoms with Gasteiger partial charge in [0.1, 0.15) is 12.1 Å². The summed E-state index contributed by atoms with van der Waals surface area (Å²) < 4.78 is 0. The molecule has 1 aromatic rings. The first kappa shape index (κ1) is 21.1. The van der Waals surface area contributed by atoms with Gasteiger partial charge in [0.05, 0.1) is 24.4 Å². The molecule has 0 aromatic carbocycles. The molecule has 0 radical (unpaired) electrons. The van der Waals surface area contributed by atoms with Gasteiger partial charge in [-0.25, -0.2) is 9.97 Å². The molecule has 4 fully saturated rings. The van der Waals surface area contributed by atoms with Crippen molar-refractivity contribution in [2.24, 2.45) is 34.8 Å². The van der Waals surface area contributed by atoms with Crippen LogP contribution in [-0.2, 0) is 17.8 Å². The van der Waals surface area contributed by atoms with E-state index in [0.717, 1.165) is 34.8 Å². The van der Waals surface area contributed by atoms with E-state index in [1.54, 1.807) is 6.33 Å². The standard InChI is InChI=1S/C24H37N5O2/c1-14(2)21(25)23(31)29-4-3-18-19(12-29)27-13-28-22(18)26-11-20(30)24-8-15-5-16(9-24)7-17(6-15)10-24/h13-17,20-21,30H,3-12,25H2,1-2H3,(H,26,27,28)/t15?,16?,17?,20?,21-,24?/m0/s1. The van der Waals surface area contributed by atoms with Crippen LogP contribution in [0.1, 0.15) is 63.6 Å². The number of aliphatic hydroxyl groups is 1. The molecular formula is C24H37N5O2. The highest BCUT2D eigenvalue weighted by atomic mass is 16.3. The van der Waals surface area contributed by atoms with E-state index < -0.39 is 6.04 Å². The Labute approximate surface area is 185 Å².